The molecular formula is C19H17FN2O2. The van der Waals surface area contributed by atoms with E-state index in [0.29, 0.717) is 5.56 Å². The quantitative estimate of drug-likeness (QED) is 0.882. The first kappa shape index (κ1) is 15.9. The predicted octanol–water partition coefficient (Wildman–Crippen LogP) is 3.26. The first-order chi connectivity index (χ1) is 11.4. The molecular weight excluding hydrogens is 307 g/mol. The van der Waals surface area contributed by atoms with Crippen LogP contribution in [-0.4, -0.2) is 23.8 Å². The molecule has 0 atom stereocenters. The second-order valence-electron chi connectivity index (χ2n) is 5.87. The van der Waals surface area contributed by atoms with Gasteiger partial charge in [0.05, 0.1) is 5.57 Å². The molecule has 0 unspecified atom stereocenters. The lowest BCUT2D eigenvalue weighted by molar-refractivity contribution is -0.135. The highest BCUT2D eigenvalue weighted by atomic mass is 19.1. The van der Waals surface area contributed by atoms with E-state index in [1.54, 1.807) is 0 Å². The highest BCUT2D eigenvalue weighted by molar-refractivity contribution is 6.36. The van der Waals surface area contributed by atoms with Crippen LogP contribution in [-0.2, 0) is 9.59 Å². The summed E-state index contributed by atoms with van der Waals surface area (Å²) >= 11 is 0. The summed E-state index contributed by atoms with van der Waals surface area (Å²) < 4.78 is 13.2. The minimum Gasteiger partial charge on any atom is -0.350 e. The Morgan fingerprint density at radius 3 is 2.29 bits per heavy atom. The molecule has 2 aromatic rings. The fraction of sp³-hybridized carbons (Fsp3) is 0.158. The average Bonchev–Trinajstić information content (AvgIpc) is 2.76. The molecule has 24 heavy (non-hydrogen) atoms. The molecule has 1 aliphatic heterocycles. The van der Waals surface area contributed by atoms with Gasteiger partial charge in [0.15, 0.2) is 0 Å². The number of aryl methyl sites for hydroxylation is 2. The van der Waals surface area contributed by atoms with E-state index in [2.05, 4.69) is 5.32 Å². The van der Waals surface area contributed by atoms with E-state index >= 15 is 0 Å². The molecule has 1 heterocycles. The molecule has 0 radical (unpaired) electrons. The zero-order valence-corrected chi connectivity index (χ0v) is 13.7. The lowest BCUT2D eigenvalue weighted by Crippen LogP contribution is -2.28. The Kier molecular flexibility index (Phi) is 3.93. The SMILES string of the molecule is Cc1ccc(C)c(NC2=C(c3ccc(F)cc3)C(=O)N(C)C2=O)c1. The van der Waals surface area contributed by atoms with Crippen LogP contribution in [0.3, 0.4) is 0 Å². The van der Waals surface area contributed by atoms with Gasteiger partial charge in [0.25, 0.3) is 11.8 Å². The van der Waals surface area contributed by atoms with E-state index in [4.69, 9.17) is 0 Å². The van der Waals surface area contributed by atoms with E-state index in [9.17, 15) is 14.0 Å². The lowest BCUT2D eigenvalue weighted by atomic mass is 10.0. The van der Waals surface area contributed by atoms with E-state index in [0.717, 1.165) is 21.7 Å². The van der Waals surface area contributed by atoms with Crippen LogP contribution < -0.4 is 5.32 Å². The van der Waals surface area contributed by atoms with Gasteiger partial charge in [-0.05, 0) is 48.7 Å². The maximum atomic E-state index is 13.2. The number of hydrogen-bond donors (Lipinski definition) is 1. The van der Waals surface area contributed by atoms with Gasteiger partial charge in [-0.3, -0.25) is 14.5 Å². The third kappa shape index (κ3) is 2.69. The Morgan fingerprint density at radius 2 is 1.62 bits per heavy atom. The van der Waals surface area contributed by atoms with Crippen molar-refractivity contribution in [3.8, 4) is 0 Å². The van der Waals surface area contributed by atoms with Crippen molar-refractivity contribution in [1.82, 2.24) is 4.90 Å². The number of amides is 2. The highest BCUT2D eigenvalue weighted by Gasteiger charge is 2.36. The van der Waals surface area contributed by atoms with Crippen molar-refractivity contribution in [3.05, 3.63) is 70.7 Å². The zero-order valence-electron chi connectivity index (χ0n) is 13.7. The van der Waals surface area contributed by atoms with Crippen LogP contribution in [0, 0.1) is 19.7 Å². The molecule has 0 aromatic heterocycles. The van der Waals surface area contributed by atoms with Gasteiger partial charge in [0.1, 0.15) is 11.5 Å². The van der Waals surface area contributed by atoms with Crippen LogP contribution in [0.25, 0.3) is 5.57 Å². The molecule has 4 nitrogen and oxygen atoms in total. The van der Waals surface area contributed by atoms with Crippen LogP contribution in [0.15, 0.2) is 48.2 Å². The molecule has 3 rings (SSSR count). The molecule has 0 fully saturated rings. The first-order valence-electron chi connectivity index (χ1n) is 7.55. The van der Waals surface area contributed by atoms with Gasteiger partial charge in [0, 0.05) is 12.7 Å². The Bertz CT molecular complexity index is 869. The third-order valence-corrected chi connectivity index (χ3v) is 4.07. The molecule has 1 aliphatic rings. The fourth-order valence-corrected chi connectivity index (χ4v) is 2.65. The number of imide groups is 1. The largest absolute Gasteiger partial charge is 0.350 e. The van der Waals surface area contributed by atoms with Crippen molar-refractivity contribution in [1.29, 1.82) is 0 Å². The van der Waals surface area contributed by atoms with E-state index in [-0.39, 0.29) is 11.3 Å². The summed E-state index contributed by atoms with van der Waals surface area (Å²) in [5.74, 6) is -1.20. The number of rotatable bonds is 3. The maximum absolute atomic E-state index is 13.2. The second-order valence-corrected chi connectivity index (χ2v) is 5.87. The number of carbonyl (C=O) groups excluding carboxylic acids is 2. The monoisotopic (exact) mass is 324 g/mol. The van der Waals surface area contributed by atoms with Gasteiger partial charge < -0.3 is 5.32 Å². The summed E-state index contributed by atoms with van der Waals surface area (Å²) in [6, 6.07) is 11.4. The van der Waals surface area contributed by atoms with Crippen LogP contribution >= 0.6 is 0 Å². The Balaban J connectivity index is 2.12. The topological polar surface area (TPSA) is 49.4 Å². The zero-order chi connectivity index (χ0) is 17.4. The van der Waals surface area contributed by atoms with Gasteiger partial charge in [-0.25, -0.2) is 4.39 Å². The second kappa shape index (κ2) is 5.92. The summed E-state index contributed by atoms with van der Waals surface area (Å²) in [4.78, 5) is 26.0. The normalized spacial score (nSPS) is 14.6. The van der Waals surface area contributed by atoms with Crippen LogP contribution in [0.4, 0.5) is 10.1 Å². The summed E-state index contributed by atoms with van der Waals surface area (Å²) in [5, 5.41) is 3.10. The molecule has 5 heteroatoms. The Labute approximate surface area is 139 Å². The minimum absolute atomic E-state index is 0.211. The van der Waals surface area contributed by atoms with Crippen molar-refractivity contribution in [3.63, 3.8) is 0 Å². The maximum Gasteiger partial charge on any atom is 0.277 e. The lowest BCUT2D eigenvalue weighted by Gasteiger charge is -2.12. The van der Waals surface area contributed by atoms with Gasteiger partial charge in [-0.2, -0.15) is 0 Å². The molecule has 0 aliphatic carbocycles. The van der Waals surface area contributed by atoms with Crippen molar-refractivity contribution < 1.29 is 14.0 Å². The highest BCUT2D eigenvalue weighted by Crippen LogP contribution is 2.30. The van der Waals surface area contributed by atoms with Gasteiger partial charge in [-0.15, -0.1) is 0 Å². The van der Waals surface area contributed by atoms with E-state index in [1.807, 2.05) is 32.0 Å². The smallest absolute Gasteiger partial charge is 0.277 e. The number of nitrogens with one attached hydrogen (secondary N) is 1. The minimum atomic E-state index is -0.403. The van der Waals surface area contributed by atoms with Crippen molar-refractivity contribution >= 4 is 23.1 Å². The Hall–Kier alpha value is -2.95. The fourth-order valence-electron chi connectivity index (χ4n) is 2.65. The van der Waals surface area contributed by atoms with Gasteiger partial charge in [-0.1, -0.05) is 24.3 Å². The van der Waals surface area contributed by atoms with E-state index < -0.39 is 17.6 Å². The van der Waals surface area contributed by atoms with Gasteiger partial charge in [0.2, 0.25) is 0 Å². The molecule has 2 aromatic carbocycles. The standard InChI is InChI=1S/C19H17FN2O2/c1-11-4-5-12(2)15(10-11)21-17-16(18(23)22(3)19(17)24)13-6-8-14(20)9-7-13/h4-10,21H,1-3H3. The third-order valence-electron chi connectivity index (χ3n) is 4.07. The van der Waals surface area contributed by atoms with Crippen LogP contribution in [0.2, 0.25) is 0 Å². The molecule has 0 saturated carbocycles. The summed E-state index contributed by atoms with van der Waals surface area (Å²) in [5.41, 5.74) is 3.73. The number of halogens is 1. The summed E-state index contributed by atoms with van der Waals surface area (Å²) in [7, 11) is 1.44. The summed E-state index contributed by atoms with van der Waals surface area (Å²) in [6.07, 6.45) is 0. The predicted molar refractivity (Wildman–Crippen MR) is 90.6 cm³/mol. The van der Waals surface area contributed by atoms with Crippen molar-refractivity contribution in [2.45, 2.75) is 13.8 Å². The van der Waals surface area contributed by atoms with Crippen LogP contribution in [0.5, 0.6) is 0 Å². The average molecular weight is 324 g/mol. The number of hydrogen-bond acceptors (Lipinski definition) is 3. The number of carbonyl (C=O) groups is 2. The molecule has 0 bridgehead atoms. The Morgan fingerprint density at radius 1 is 0.958 bits per heavy atom. The van der Waals surface area contributed by atoms with Gasteiger partial charge >= 0.3 is 0 Å². The summed E-state index contributed by atoms with van der Waals surface area (Å²) in [6.45, 7) is 3.87. The molecule has 2 amide bonds. The number of benzene rings is 2. The molecule has 1 N–H and O–H groups in total. The van der Waals surface area contributed by atoms with E-state index in [1.165, 1.54) is 31.3 Å². The van der Waals surface area contributed by atoms with Crippen LogP contribution in [0.1, 0.15) is 16.7 Å². The first-order valence-corrected chi connectivity index (χ1v) is 7.55. The molecule has 122 valence electrons. The van der Waals surface area contributed by atoms with Crippen molar-refractivity contribution in [2.75, 3.05) is 12.4 Å². The number of nitrogens with zero attached hydrogens (tertiary/aromatic N) is 1. The van der Waals surface area contributed by atoms with Crippen molar-refractivity contribution in [2.24, 2.45) is 0 Å². The molecule has 0 spiro atoms. The number of anilines is 1. The number of likely N-dealkylation sites (N-methyl/N-ethyl adjacent to an activating group) is 1. The molecule has 0 saturated heterocycles.